The summed E-state index contributed by atoms with van der Waals surface area (Å²) in [4.78, 5) is 12.3. The lowest BCUT2D eigenvalue weighted by atomic mass is 9.30. The topological polar surface area (TPSA) is 25.4 Å². The first-order valence-electron chi connectivity index (χ1n) is 31.6. The van der Waals surface area contributed by atoms with Crippen LogP contribution in [0.3, 0.4) is 0 Å². The van der Waals surface area contributed by atoms with Gasteiger partial charge >= 0.3 is 0 Å². The van der Waals surface area contributed by atoms with Gasteiger partial charge in [-0.3, -0.25) is 0 Å². The van der Waals surface area contributed by atoms with E-state index in [4.69, 9.17) is 4.74 Å². The van der Waals surface area contributed by atoms with Crippen LogP contribution >= 0.6 is 0 Å². The number of fused-ring (bicyclic) bond motifs is 8. The minimum Gasteiger partial charge on any atom is -0.458 e. The second-order valence-corrected chi connectivity index (χ2v) is 23.9. The summed E-state index contributed by atoms with van der Waals surface area (Å²) in [5.41, 5.74) is 27.7. The molecule has 0 saturated heterocycles. The third-order valence-corrected chi connectivity index (χ3v) is 18.8. The normalized spacial score (nSPS) is 12.8. The van der Waals surface area contributed by atoms with Crippen LogP contribution in [0.25, 0.3) is 22.3 Å². The summed E-state index contributed by atoms with van der Waals surface area (Å²) in [6.45, 7) is -0.404. The maximum absolute atomic E-state index is 7.89. The molecule has 18 rings (SSSR count). The van der Waals surface area contributed by atoms with Gasteiger partial charge in [0.05, 0.1) is 22.7 Å². The standard InChI is InChI=1S/C84H57B2N5O/c1-8-30-58(31-9-1)67-44-22-26-48-73(67)88(62-38-16-5-17-39-62)66-54-80-84-82(55-66)92-81-57-77-71(56-72(81)86(84)70-47-25-29-51-76(70)90(80)64-42-20-7-21-43-64)85-69-46-24-28-50-75(69)89(63-40-18-6-19-41-63)78-52-65(87(60-34-12-3-13-35-60)61-36-14-4-15-37-61)53-79(83(78)85)91(77)74-49-27-23-45-68(74)59-32-10-2-11-33-59/h1-57H. The van der Waals surface area contributed by atoms with Crippen molar-refractivity contribution in [2.75, 3.05) is 24.5 Å². The van der Waals surface area contributed by atoms with E-state index in [-0.39, 0.29) is 13.4 Å². The van der Waals surface area contributed by atoms with Crippen molar-refractivity contribution in [3.8, 4) is 33.8 Å². The lowest BCUT2D eigenvalue weighted by molar-refractivity contribution is 0.488. The van der Waals surface area contributed by atoms with Crippen LogP contribution in [0, 0.1) is 0 Å². The SMILES string of the molecule is c1ccc(-c2ccccc2N(c2ccccc2)c2cc3c4c(c2)N(c2ccccc2)c2ccccc2B4c2cc4c(cc2O3)N(c2ccccc2-c2ccccc2)c2cc(N(c3ccccc3)c3ccccc3)cc3c2B4c2ccccc2N3c2ccccc2)cc1. The quantitative estimate of drug-likeness (QED) is 0.120. The van der Waals surface area contributed by atoms with Crippen molar-refractivity contribution >= 4 is 132 Å². The van der Waals surface area contributed by atoms with Gasteiger partial charge in [-0.15, -0.1) is 0 Å². The first kappa shape index (κ1) is 53.1. The molecule has 92 heavy (non-hydrogen) atoms. The minimum atomic E-state index is -0.209. The maximum atomic E-state index is 7.89. The highest BCUT2D eigenvalue weighted by molar-refractivity contribution is 7.02. The number of benzene rings is 14. The number of rotatable bonds is 11. The molecule has 4 heterocycles. The van der Waals surface area contributed by atoms with E-state index in [0.717, 1.165) is 130 Å². The first-order chi connectivity index (χ1) is 45.7. The molecule has 0 bridgehead atoms. The highest BCUT2D eigenvalue weighted by Gasteiger charge is 2.48. The Bertz CT molecular complexity index is 5080. The van der Waals surface area contributed by atoms with E-state index in [2.05, 4.69) is 370 Å². The molecule has 4 aliphatic heterocycles. The summed E-state index contributed by atoms with van der Waals surface area (Å²) in [5.74, 6) is 1.62. The van der Waals surface area contributed by atoms with Crippen LogP contribution in [0.4, 0.5) is 85.3 Å². The van der Waals surface area contributed by atoms with E-state index in [1.807, 2.05) is 0 Å². The fraction of sp³-hybridized carbons (Fsp3) is 0. The van der Waals surface area contributed by atoms with Crippen LogP contribution in [0.15, 0.2) is 346 Å². The van der Waals surface area contributed by atoms with Crippen molar-refractivity contribution in [3.05, 3.63) is 346 Å². The summed E-state index contributed by atoms with van der Waals surface area (Å²) in [6.07, 6.45) is 0. The molecule has 0 unspecified atom stereocenters. The monoisotopic (exact) mass is 1170 g/mol. The Morgan fingerprint density at radius 2 is 0.641 bits per heavy atom. The third kappa shape index (κ3) is 8.59. The number of ether oxygens (including phenoxy) is 1. The van der Waals surface area contributed by atoms with Gasteiger partial charge < -0.3 is 29.2 Å². The van der Waals surface area contributed by atoms with E-state index in [9.17, 15) is 0 Å². The average molecular weight is 1170 g/mol. The van der Waals surface area contributed by atoms with Gasteiger partial charge in [-0.25, -0.2) is 0 Å². The van der Waals surface area contributed by atoms with E-state index in [1.165, 1.54) is 21.9 Å². The predicted molar refractivity (Wildman–Crippen MR) is 387 cm³/mol. The Morgan fingerprint density at radius 1 is 0.239 bits per heavy atom. The summed E-state index contributed by atoms with van der Waals surface area (Å²) < 4.78 is 7.89. The van der Waals surface area contributed by atoms with Crippen LogP contribution < -0.4 is 62.0 Å². The fourth-order valence-electron chi connectivity index (χ4n) is 15.0. The third-order valence-electron chi connectivity index (χ3n) is 18.8. The molecule has 14 aromatic carbocycles. The van der Waals surface area contributed by atoms with E-state index in [1.54, 1.807) is 0 Å². The fourth-order valence-corrected chi connectivity index (χ4v) is 15.0. The molecule has 0 amide bonds. The Balaban J connectivity index is 0.935. The lowest BCUT2D eigenvalue weighted by Gasteiger charge is -2.46. The van der Waals surface area contributed by atoms with Crippen molar-refractivity contribution in [1.82, 2.24) is 0 Å². The zero-order chi connectivity index (χ0) is 60.6. The van der Waals surface area contributed by atoms with E-state index >= 15 is 0 Å². The summed E-state index contributed by atoms with van der Waals surface area (Å²) in [7, 11) is 0. The molecule has 0 saturated carbocycles. The molecule has 0 spiro atoms. The van der Waals surface area contributed by atoms with Crippen molar-refractivity contribution in [2.45, 2.75) is 0 Å². The molecule has 0 fully saturated rings. The van der Waals surface area contributed by atoms with Crippen LogP contribution in [-0.2, 0) is 0 Å². The molecule has 0 N–H and O–H groups in total. The van der Waals surface area contributed by atoms with E-state index < -0.39 is 0 Å². The van der Waals surface area contributed by atoms with Gasteiger partial charge in [0.2, 0.25) is 0 Å². The second kappa shape index (κ2) is 21.9. The van der Waals surface area contributed by atoms with Gasteiger partial charge in [-0.05, 0) is 147 Å². The summed E-state index contributed by atoms with van der Waals surface area (Å²) in [5, 5.41) is 0. The molecular weight excluding hydrogens is 1120 g/mol. The molecule has 14 aromatic rings. The smallest absolute Gasteiger partial charge is 0.256 e. The number of hydrogen-bond donors (Lipinski definition) is 0. The molecule has 0 aliphatic carbocycles. The molecule has 6 nitrogen and oxygen atoms in total. The minimum absolute atomic E-state index is 0.195. The van der Waals surface area contributed by atoms with Crippen LogP contribution in [0.1, 0.15) is 0 Å². The molecule has 8 heteroatoms. The van der Waals surface area contributed by atoms with Gasteiger partial charge in [0.1, 0.15) is 11.5 Å². The molecule has 4 aliphatic rings. The Labute approximate surface area is 537 Å². The molecule has 0 aromatic heterocycles. The lowest BCUT2D eigenvalue weighted by Crippen LogP contribution is -2.64. The predicted octanol–water partition coefficient (Wildman–Crippen LogP) is 18.4. The zero-order valence-electron chi connectivity index (χ0n) is 50.2. The van der Waals surface area contributed by atoms with Crippen molar-refractivity contribution in [3.63, 3.8) is 0 Å². The highest BCUT2D eigenvalue weighted by Crippen LogP contribution is 2.52. The zero-order valence-corrected chi connectivity index (χ0v) is 50.2. The Morgan fingerprint density at radius 3 is 1.20 bits per heavy atom. The molecule has 430 valence electrons. The Hall–Kier alpha value is -12.0. The molecule has 0 atom stereocenters. The van der Waals surface area contributed by atoms with Gasteiger partial charge in [0.15, 0.2) is 0 Å². The number of anilines is 15. The second-order valence-electron chi connectivity index (χ2n) is 23.9. The Kier molecular flexibility index (Phi) is 12.7. The highest BCUT2D eigenvalue weighted by atomic mass is 16.5. The summed E-state index contributed by atoms with van der Waals surface area (Å²) in [6, 6.07) is 126. The van der Waals surface area contributed by atoms with Crippen LogP contribution in [0.2, 0.25) is 0 Å². The number of hydrogen-bond acceptors (Lipinski definition) is 6. The molecular formula is C84H57B2N5O. The largest absolute Gasteiger partial charge is 0.458 e. The van der Waals surface area contributed by atoms with Gasteiger partial charge in [0, 0.05) is 85.8 Å². The van der Waals surface area contributed by atoms with Crippen molar-refractivity contribution in [1.29, 1.82) is 0 Å². The maximum Gasteiger partial charge on any atom is 0.256 e. The van der Waals surface area contributed by atoms with Crippen LogP contribution in [0.5, 0.6) is 11.5 Å². The van der Waals surface area contributed by atoms with Gasteiger partial charge in [0.25, 0.3) is 13.4 Å². The van der Waals surface area contributed by atoms with Crippen molar-refractivity contribution < 1.29 is 4.74 Å². The summed E-state index contributed by atoms with van der Waals surface area (Å²) >= 11 is 0. The average Bonchev–Trinajstić information content (AvgIpc) is 0.691. The number of nitrogens with zero attached hydrogens (tertiary/aromatic N) is 5. The molecule has 0 radical (unpaired) electrons. The van der Waals surface area contributed by atoms with E-state index in [0.29, 0.717) is 0 Å². The van der Waals surface area contributed by atoms with Crippen LogP contribution in [-0.4, -0.2) is 13.4 Å². The van der Waals surface area contributed by atoms with Gasteiger partial charge in [-0.2, -0.15) is 0 Å². The van der Waals surface area contributed by atoms with Crippen molar-refractivity contribution in [2.24, 2.45) is 0 Å². The van der Waals surface area contributed by atoms with Gasteiger partial charge in [-0.1, -0.05) is 231 Å². The first-order valence-corrected chi connectivity index (χ1v) is 31.6. The number of para-hydroxylation sites is 9.